The smallest absolute Gasteiger partial charge is 0.224 e. The van der Waals surface area contributed by atoms with Crippen LogP contribution in [0.5, 0.6) is 0 Å². The van der Waals surface area contributed by atoms with E-state index in [1.165, 1.54) is 0 Å². The number of anilines is 2. The summed E-state index contributed by atoms with van der Waals surface area (Å²) in [5.41, 5.74) is 2.41. The van der Waals surface area contributed by atoms with E-state index in [-0.39, 0.29) is 18.6 Å². The van der Waals surface area contributed by atoms with Gasteiger partial charge < -0.3 is 20.8 Å². The Kier molecular flexibility index (Phi) is 8.40. The quantitative estimate of drug-likeness (QED) is 0.278. The molecule has 0 spiro atoms. The van der Waals surface area contributed by atoms with Gasteiger partial charge in [0.25, 0.3) is 0 Å². The van der Waals surface area contributed by atoms with Gasteiger partial charge in [-0.05, 0) is 56.2 Å². The van der Waals surface area contributed by atoms with Crippen molar-refractivity contribution in [3.63, 3.8) is 0 Å². The van der Waals surface area contributed by atoms with Crippen molar-refractivity contribution >= 4 is 34.9 Å². The van der Waals surface area contributed by atoms with Crippen LogP contribution in [0.1, 0.15) is 29.0 Å². The molecule has 7 nitrogen and oxygen atoms in total. The summed E-state index contributed by atoms with van der Waals surface area (Å²) < 4.78 is 0. The van der Waals surface area contributed by atoms with E-state index in [4.69, 9.17) is 4.98 Å². The van der Waals surface area contributed by atoms with Crippen molar-refractivity contribution < 1.29 is 10.2 Å². The van der Waals surface area contributed by atoms with Crippen molar-refractivity contribution in [2.24, 2.45) is 5.92 Å². The van der Waals surface area contributed by atoms with Crippen LogP contribution in [0.4, 0.5) is 11.8 Å². The molecule has 1 aliphatic rings. The van der Waals surface area contributed by atoms with Crippen molar-refractivity contribution in [1.82, 2.24) is 15.0 Å². The van der Waals surface area contributed by atoms with Crippen LogP contribution in [0.25, 0.3) is 10.6 Å². The number of nitrogens with one attached hydrogen (secondary N) is 2. The number of pyridine rings is 1. The molecule has 3 atom stereocenters. The molecule has 0 unspecified atom stereocenters. The summed E-state index contributed by atoms with van der Waals surface area (Å²) >= 11 is 3.34. The van der Waals surface area contributed by atoms with Crippen molar-refractivity contribution in [3.05, 3.63) is 52.7 Å². The number of hydrogen-bond donors (Lipinski definition) is 4. The lowest BCUT2D eigenvalue weighted by molar-refractivity contribution is 0.157. The average molecular weight is 496 g/mol. The number of nitrogens with zero attached hydrogens (tertiary/aromatic N) is 3. The minimum Gasteiger partial charge on any atom is -0.396 e. The number of aromatic nitrogens is 3. The molecular weight excluding hydrogens is 466 g/mol. The number of hydrogen-bond acceptors (Lipinski definition) is 9. The third-order valence-electron chi connectivity index (χ3n) is 5.72. The second-order valence-electron chi connectivity index (χ2n) is 8.24. The normalized spacial score (nSPS) is 19.5. The molecule has 0 radical (unpaired) electrons. The number of thiophene rings is 1. The first-order valence-electron chi connectivity index (χ1n) is 11.3. The number of aryl methyl sites for hydroxylation is 1. The van der Waals surface area contributed by atoms with Gasteiger partial charge in [-0.2, -0.15) is 16.7 Å². The van der Waals surface area contributed by atoms with Crippen molar-refractivity contribution in [1.29, 1.82) is 0 Å². The van der Waals surface area contributed by atoms with Crippen LogP contribution in [0.3, 0.4) is 0 Å². The summed E-state index contributed by atoms with van der Waals surface area (Å²) in [5, 5.41) is 26.7. The van der Waals surface area contributed by atoms with Crippen LogP contribution in [0, 0.1) is 24.7 Å². The summed E-state index contributed by atoms with van der Waals surface area (Å²) in [5.74, 6) is 8.69. The molecule has 1 fully saturated rings. The van der Waals surface area contributed by atoms with Crippen LogP contribution >= 0.6 is 23.1 Å². The Bertz CT molecular complexity index is 1160. The van der Waals surface area contributed by atoms with Crippen LogP contribution in [0.15, 0.2) is 36.5 Å². The zero-order chi connectivity index (χ0) is 23.9. The van der Waals surface area contributed by atoms with Gasteiger partial charge in [0, 0.05) is 25.1 Å². The van der Waals surface area contributed by atoms with E-state index in [9.17, 15) is 10.2 Å². The molecule has 9 heteroatoms. The zero-order valence-corrected chi connectivity index (χ0v) is 20.9. The molecule has 1 aliphatic carbocycles. The Labute approximate surface area is 208 Å². The number of aliphatic hydroxyl groups excluding tert-OH is 2. The van der Waals surface area contributed by atoms with Crippen LogP contribution in [-0.2, 0) is 0 Å². The van der Waals surface area contributed by atoms with E-state index in [2.05, 4.69) is 38.7 Å². The molecule has 0 bridgehead atoms. The van der Waals surface area contributed by atoms with Crippen LogP contribution < -0.4 is 10.6 Å². The molecule has 1 saturated carbocycles. The van der Waals surface area contributed by atoms with E-state index in [1.807, 2.05) is 37.3 Å². The molecule has 178 valence electrons. The maximum atomic E-state index is 10.5. The highest BCUT2D eigenvalue weighted by Gasteiger charge is 2.33. The SMILES string of the molecule is CSCCNc1nc(C)c(C#Cc2ccc(-c3ccccn3)s2)c(N[C@@H]2C[C@H](CO)C[C@H]2O)n1. The first-order chi connectivity index (χ1) is 16.6. The molecule has 0 amide bonds. The number of rotatable bonds is 8. The minimum atomic E-state index is -0.542. The lowest BCUT2D eigenvalue weighted by Crippen LogP contribution is -2.29. The third-order valence-corrected chi connectivity index (χ3v) is 7.36. The van der Waals surface area contributed by atoms with Crippen LogP contribution in [0.2, 0.25) is 0 Å². The molecule has 3 heterocycles. The number of thioether (sulfide) groups is 1. The Balaban J connectivity index is 1.62. The van der Waals surface area contributed by atoms with E-state index < -0.39 is 6.10 Å². The fourth-order valence-corrected chi connectivity index (χ4v) is 5.09. The van der Waals surface area contributed by atoms with E-state index in [0.29, 0.717) is 30.2 Å². The highest BCUT2D eigenvalue weighted by Crippen LogP contribution is 2.30. The van der Waals surface area contributed by atoms with Gasteiger partial charge in [0.15, 0.2) is 0 Å². The second kappa shape index (κ2) is 11.7. The molecule has 3 aromatic rings. The second-order valence-corrected chi connectivity index (χ2v) is 10.3. The summed E-state index contributed by atoms with van der Waals surface area (Å²) in [4.78, 5) is 15.7. The van der Waals surface area contributed by atoms with Gasteiger partial charge in [-0.15, -0.1) is 11.3 Å². The average Bonchev–Trinajstić information content (AvgIpc) is 3.46. The first kappa shape index (κ1) is 24.5. The third kappa shape index (κ3) is 6.07. The Morgan fingerprint density at radius 2 is 2.06 bits per heavy atom. The Morgan fingerprint density at radius 3 is 2.79 bits per heavy atom. The van der Waals surface area contributed by atoms with Gasteiger partial charge in [-0.1, -0.05) is 17.9 Å². The molecule has 4 rings (SSSR count). The summed E-state index contributed by atoms with van der Waals surface area (Å²) in [7, 11) is 0. The summed E-state index contributed by atoms with van der Waals surface area (Å²) in [6.45, 7) is 2.75. The minimum absolute atomic E-state index is 0.0726. The highest BCUT2D eigenvalue weighted by molar-refractivity contribution is 7.98. The van der Waals surface area contributed by atoms with Gasteiger partial charge in [0.05, 0.1) is 38.9 Å². The van der Waals surface area contributed by atoms with Crippen molar-refractivity contribution in [2.45, 2.75) is 31.9 Å². The van der Waals surface area contributed by atoms with E-state index in [1.54, 1.807) is 29.3 Å². The fraction of sp³-hybridized carbons (Fsp3) is 0.400. The largest absolute Gasteiger partial charge is 0.396 e. The van der Waals surface area contributed by atoms with Crippen LogP contribution in [-0.4, -0.2) is 62.5 Å². The van der Waals surface area contributed by atoms with Gasteiger partial charge in [0.1, 0.15) is 5.82 Å². The van der Waals surface area contributed by atoms with E-state index in [0.717, 1.165) is 33.4 Å². The van der Waals surface area contributed by atoms with Gasteiger partial charge in [0.2, 0.25) is 5.95 Å². The number of aliphatic hydroxyl groups is 2. The zero-order valence-electron chi connectivity index (χ0n) is 19.3. The molecule has 4 N–H and O–H groups in total. The molecule has 3 aromatic heterocycles. The Hall–Kier alpha value is -2.64. The van der Waals surface area contributed by atoms with E-state index >= 15 is 0 Å². The van der Waals surface area contributed by atoms with Crippen molar-refractivity contribution in [3.8, 4) is 22.4 Å². The van der Waals surface area contributed by atoms with Gasteiger partial charge >= 0.3 is 0 Å². The molecule has 34 heavy (non-hydrogen) atoms. The predicted octanol–water partition coefficient (Wildman–Crippen LogP) is 3.63. The highest BCUT2D eigenvalue weighted by atomic mass is 32.2. The fourth-order valence-electron chi connectivity index (χ4n) is 3.94. The monoisotopic (exact) mass is 495 g/mol. The van der Waals surface area contributed by atoms with Gasteiger partial charge in [-0.25, -0.2) is 4.98 Å². The maximum Gasteiger partial charge on any atom is 0.224 e. The topological polar surface area (TPSA) is 103 Å². The van der Waals surface area contributed by atoms with Crippen molar-refractivity contribution in [2.75, 3.05) is 35.8 Å². The maximum absolute atomic E-state index is 10.5. The van der Waals surface area contributed by atoms with Gasteiger partial charge in [-0.3, -0.25) is 4.98 Å². The molecular formula is C25H29N5O2S2. The lowest BCUT2D eigenvalue weighted by Gasteiger charge is -2.19. The predicted molar refractivity (Wildman–Crippen MR) is 140 cm³/mol. The molecule has 0 aliphatic heterocycles. The Morgan fingerprint density at radius 1 is 1.18 bits per heavy atom. The summed E-state index contributed by atoms with van der Waals surface area (Å²) in [6, 6.07) is 9.69. The summed E-state index contributed by atoms with van der Waals surface area (Å²) in [6.07, 6.45) is 4.55. The standard InChI is InChI=1S/C25H29N5O2S2/c1-16-19(8-6-18-7-9-23(34-18)20-5-3-4-10-26-20)24(30-25(28-16)27-11-12-33-2)29-21-13-17(15-31)14-22(21)32/h3-5,7,9-10,17,21-22,31-32H,11-15H2,1-2H3,(H2,27,28,29,30)/t17-,21+,22+/m0/s1. The molecule has 0 aromatic carbocycles. The first-order valence-corrected chi connectivity index (χ1v) is 13.5. The molecule has 0 saturated heterocycles. The lowest BCUT2D eigenvalue weighted by atomic mass is 10.1.